The van der Waals surface area contributed by atoms with E-state index in [-0.39, 0.29) is 18.5 Å². The van der Waals surface area contributed by atoms with E-state index in [4.69, 9.17) is 5.73 Å². The zero-order chi connectivity index (χ0) is 14.5. The summed E-state index contributed by atoms with van der Waals surface area (Å²) in [5.74, 6) is 0.137. The van der Waals surface area contributed by atoms with Crippen molar-refractivity contribution in [2.24, 2.45) is 5.73 Å². The largest absolute Gasteiger partial charge is 0.338 e. The number of nitrogens with zero attached hydrogens (tertiary/aromatic N) is 4. The SMILES string of the molecule is CCC(N)c1cn(CC(=O)N2CCCCC2CC)nn1. The highest BCUT2D eigenvalue weighted by Crippen LogP contribution is 2.20. The van der Waals surface area contributed by atoms with Crippen molar-refractivity contribution >= 4 is 5.91 Å². The maximum atomic E-state index is 12.4. The van der Waals surface area contributed by atoms with Gasteiger partial charge in [-0.15, -0.1) is 5.10 Å². The molecule has 20 heavy (non-hydrogen) atoms. The minimum absolute atomic E-state index is 0.0998. The summed E-state index contributed by atoms with van der Waals surface area (Å²) >= 11 is 0. The monoisotopic (exact) mass is 279 g/mol. The summed E-state index contributed by atoms with van der Waals surface area (Å²) in [5.41, 5.74) is 6.67. The van der Waals surface area contributed by atoms with E-state index in [9.17, 15) is 4.79 Å². The number of likely N-dealkylation sites (tertiary alicyclic amines) is 1. The van der Waals surface area contributed by atoms with Gasteiger partial charge in [-0.2, -0.15) is 0 Å². The van der Waals surface area contributed by atoms with Gasteiger partial charge in [-0.25, -0.2) is 4.68 Å². The van der Waals surface area contributed by atoms with Gasteiger partial charge in [0, 0.05) is 12.6 Å². The van der Waals surface area contributed by atoms with E-state index in [1.54, 1.807) is 10.9 Å². The van der Waals surface area contributed by atoms with Gasteiger partial charge in [0.2, 0.25) is 5.91 Å². The van der Waals surface area contributed by atoms with Crippen LogP contribution in [0, 0.1) is 0 Å². The number of nitrogens with two attached hydrogens (primary N) is 1. The van der Waals surface area contributed by atoms with Crippen LogP contribution in [0.3, 0.4) is 0 Å². The number of carbonyl (C=O) groups is 1. The summed E-state index contributed by atoms with van der Waals surface area (Å²) in [5, 5.41) is 8.05. The first kappa shape index (κ1) is 15.0. The molecular formula is C14H25N5O. The third-order valence-electron chi connectivity index (χ3n) is 4.09. The van der Waals surface area contributed by atoms with Crippen molar-refractivity contribution in [2.45, 2.75) is 64.6 Å². The summed E-state index contributed by atoms with van der Waals surface area (Å²) in [6.07, 6.45) is 7.07. The lowest BCUT2D eigenvalue weighted by atomic mass is 10.00. The lowest BCUT2D eigenvalue weighted by Crippen LogP contribution is -2.44. The Bertz CT molecular complexity index is 445. The molecule has 1 fully saturated rings. The van der Waals surface area contributed by atoms with Crippen molar-refractivity contribution in [3.8, 4) is 0 Å². The van der Waals surface area contributed by atoms with E-state index in [0.29, 0.717) is 6.04 Å². The van der Waals surface area contributed by atoms with Crippen molar-refractivity contribution in [1.29, 1.82) is 0 Å². The molecule has 1 aliphatic rings. The number of amides is 1. The average molecular weight is 279 g/mol. The Morgan fingerprint density at radius 1 is 1.50 bits per heavy atom. The molecule has 1 amide bonds. The standard InChI is InChI=1S/C14H25N5O/c1-3-11-7-5-6-8-19(11)14(20)10-18-9-13(16-17-18)12(15)4-2/h9,11-12H,3-8,10,15H2,1-2H3. The minimum atomic E-state index is -0.0998. The molecule has 0 radical (unpaired) electrons. The zero-order valence-electron chi connectivity index (χ0n) is 12.5. The molecule has 2 unspecified atom stereocenters. The summed E-state index contributed by atoms with van der Waals surface area (Å²) in [4.78, 5) is 14.4. The second-order valence-corrected chi connectivity index (χ2v) is 5.50. The van der Waals surface area contributed by atoms with Crippen LogP contribution >= 0.6 is 0 Å². The summed E-state index contributed by atoms with van der Waals surface area (Å²) < 4.78 is 1.61. The highest BCUT2D eigenvalue weighted by atomic mass is 16.2. The van der Waals surface area contributed by atoms with Crippen LogP contribution in [-0.4, -0.2) is 38.4 Å². The van der Waals surface area contributed by atoms with Crippen LogP contribution in [0.5, 0.6) is 0 Å². The predicted molar refractivity (Wildman–Crippen MR) is 76.9 cm³/mol. The molecule has 6 heteroatoms. The molecule has 1 aliphatic heterocycles. The molecular weight excluding hydrogens is 254 g/mol. The van der Waals surface area contributed by atoms with Crippen molar-refractivity contribution < 1.29 is 4.79 Å². The van der Waals surface area contributed by atoms with Gasteiger partial charge in [0.1, 0.15) is 6.54 Å². The van der Waals surface area contributed by atoms with Gasteiger partial charge in [-0.1, -0.05) is 19.1 Å². The van der Waals surface area contributed by atoms with Crippen LogP contribution in [0.2, 0.25) is 0 Å². The number of rotatable bonds is 5. The van der Waals surface area contributed by atoms with Crippen LogP contribution < -0.4 is 5.73 Å². The number of piperidine rings is 1. The molecule has 112 valence electrons. The fraction of sp³-hybridized carbons (Fsp3) is 0.786. The Hall–Kier alpha value is -1.43. The normalized spacial score (nSPS) is 20.9. The van der Waals surface area contributed by atoms with E-state index in [1.807, 2.05) is 11.8 Å². The zero-order valence-corrected chi connectivity index (χ0v) is 12.5. The van der Waals surface area contributed by atoms with Crippen molar-refractivity contribution in [3.63, 3.8) is 0 Å². The summed E-state index contributed by atoms with van der Waals surface area (Å²) in [6.45, 7) is 5.28. The molecule has 0 saturated carbocycles. The first-order chi connectivity index (χ1) is 9.65. The Morgan fingerprint density at radius 3 is 3.00 bits per heavy atom. The minimum Gasteiger partial charge on any atom is -0.338 e. The molecule has 0 spiro atoms. The highest BCUT2D eigenvalue weighted by molar-refractivity contribution is 5.76. The van der Waals surface area contributed by atoms with Crippen molar-refractivity contribution in [2.75, 3.05) is 6.54 Å². The van der Waals surface area contributed by atoms with Gasteiger partial charge >= 0.3 is 0 Å². The molecule has 0 bridgehead atoms. The Kier molecular flexibility index (Phi) is 5.11. The second-order valence-electron chi connectivity index (χ2n) is 5.50. The maximum Gasteiger partial charge on any atom is 0.244 e. The summed E-state index contributed by atoms with van der Waals surface area (Å²) in [7, 11) is 0. The third-order valence-corrected chi connectivity index (χ3v) is 4.09. The number of aromatic nitrogens is 3. The first-order valence-corrected chi connectivity index (χ1v) is 7.60. The van der Waals surface area contributed by atoms with Crippen LogP contribution in [0.4, 0.5) is 0 Å². The molecule has 0 aromatic carbocycles. The molecule has 1 aromatic heterocycles. The highest BCUT2D eigenvalue weighted by Gasteiger charge is 2.25. The van der Waals surface area contributed by atoms with Crippen LogP contribution in [0.1, 0.15) is 57.7 Å². The van der Waals surface area contributed by atoms with E-state index < -0.39 is 0 Å². The van der Waals surface area contributed by atoms with Crippen LogP contribution in [0.15, 0.2) is 6.20 Å². The van der Waals surface area contributed by atoms with E-state index in [2.05, 4.69) is 17.2 Å². The topological polar surface area (TPSA) is 77.0 Å². The number of carbonyl (C=O) groups excluding carboxylic acids is 1. The number of hydrogen-bond donors (Lipinski definition) is 1. The molecule has 2 atom stereocenters. The second kappa shape index (κ2) is 6.83. The van der Waals surface area contributed by atoms with Gasteiger partial charge in [0.05, 0.1) is 17.9 Å². The number of hydrogen-bond acceptors (Lipinski definition) is 4. The van der Waals surface area contributed by atoms with Gasteiger partial charge in [0.25, 0.3) is 0 Å². The van der Waals surface area contributed by atoms with Crippen molar-refractivity contribution in [1.82, 2.24) is 19.9 Å². The maximum absolute atomic E-state index is 12.4. The van der Waals surface area contributed by atoms with Crippen molar-refractivity contribution in [3.05, 3.63) is 11.9 Å². The molecule has 2 heterocycles. The Labute approximate surface area is 120 Å². The smallest absolute Gasteiger partial charge is 0.244 e. The van der Waals surface area contributed by atoms with E-state index in [0.717, 1.165) is 37.9 Å². The molecule has 2 rings (SSSR count). The van der Waals surface area contributed by atoms with Crippen LogP contribution in [0.25, 0.3) is 0 Å². The predicted octanol–water partition coefficient (Wildman–Crippen LogP) is 1.48. The molecule has 1 aromatic rings. The fourth-order valence-electron chi connectivity index (χ4n) is 2.75. The van der Waals surface area contributed by atoms with Crippen LogP contribution in [-0.2, 0) is 11.3 Å². The van der Waals surface area contributed by atoms with Gasteiger partial charge < -0.3 is 10.6 Å². The Balaban J connectivity index is 1.98. The Morgan fingerprint density at radius 2 is 2.30 bits per heavy atom. The summed E-state index contributed by atoms with van der Waals surface area (Å²) in [6, 6.07) is 0.286. The van der Waals surface area contributed by atoms with E-state index in [1.165, 1.54) is 6.42 Å². The van der Waals surface area contributed by atoms with Gasteiger partial charge in [-0.3, -0.25) is 4.79 Å². The van der Waals surface area contributed by atoms with Gasteiger partial charge in [0.15, 0.2) is 0 Å². The molecule has 2 N–H and O–H groups in total. The first-order valence-electron chi connectivity index (χ1n) is 7.60. The molecule has 1 saturated heterocycles. The van der Waals surface area contributed by atoms with E-state index >= 15 is 0 Å². The lowest BCUT2D eigenvalue weighted by Gasteiger charge is -2.35. The van der Waals surface area contributed by atoms with Gasteiger partial charge in [-0.05, 0) is 32.1 Å². The average Bonchev–Trinajstić information content (AvgIpc) is 2.94. The quantitative estimate of drug-likeness (QED) is 0.885. The fourth-order valence-corrected chi connectivity index (χ4v) is 2.75. The third kappa shape index (κ3) is 3.36. The molecule has 6 nitrogen and oxygen atoms in total. The lowest BCUT2D eigenvalue weighted by molar-refractivity contribution is -0.135. The molecule has 0 aliphatic carbocycles.